The molecule has 0 aliphatic heterocycles. The van der Waals surface area contributed by atoms with Crippen LogP contribution in [0.2, 0.25) is 0 Å². The zero-order chi connectivity index (χ0) is 34.2. The van der Waals surface area contributed by atoms with Crippen LogP contribution in [-0.4, -0.2) is 25.5 Å². The second-order valence-corrected chi connectivity index (χ2v) is 12.2. The molecule has 0 unspecified atom stereocenters. The Morgan fingerprint density at radius 1 is 0.796 bits per heavy atom. The van der Waals surface area contributed by atoms with Crippen LogP contribution < -0.4 is 0 Å². The van der Waals surface area contributed by atoms with Gasteiger partial charge < -0.3 is 9.51 Å². The molecule has 0 spiro atoms. The van der Waals surface area contributed by atoms with E-state index in [1.54, 1.807) is 18.2 Å². The normalized spacial score (nSPS) is 12.4. The Balaban J connectivity index is 0.000000252. The van der Waals surface area contributed by atoms with Crippen LogP contribution in [0, 0.1) is 17.9 Å². The van der Waals surface area contributed by atoms with E-state index in [1.807, 2.05) is 92.8 Å². The zero-order valence-corrected chi connectivity index (χ0v) is 30.1. The molecule has 255 valence electrons. The number of ketones is 1. The van der Waals surface area contributed by atoms with Gasteiger partial charge in [-0.2, -0.15) is 23.4 Å². The van der Waals surface area contributed by atoms with E-state index in [2.05, 4.69) is 16.3 Å². The largest absolute Gasteiger partial charge is 0.512 e. The SMILES string of the molecule is CCC(CC)C(=O)/C=C(\O)C(CC)CC.FC(F)(F)c1nnc(-c2[c-]c3cccc4c5ccccc5n2c34)c2cc3ccccc3cc12.[Ir]. The topological polar surface area (TPSA) is 67.5 Å². The number of aliphatic hydroxyl groups is 1. The molecule has 1 radical (unpaired) electrons. The maximum Gasteiger partial charge on any atom is 0.435 e. The number of rotatable bonds is 8. The Morgan fingerprint density at radius 2 is 1.39 bits per heavy atom. The number of hydrogen-bond donors (Lipinski definition) is 1. The Kier molecular flexibility index (Phi) is 10.8. The first-order valence-corrected chi connectivity index (χ1v) is 16.5. The van der Waals surface area contributed by atoms with Gasteiger partial charge in [0.15, 0.2) is 11.5 Å². The van der Waals surface area contributed by atoms with Crippen LogP contribution in [0.3, 0.4) is 0 Å². The summed E-state index contributed by atoms with van der Waals surface area (Å²) in [6.07, 6.45) is 0.292. The maximum atomic E-state index is 13.9. The minimum Gasteiger partial charge on any atom is -0.512 e. The van der Waals surface area contributed by atoms with E-state index < -0.39 is 11.9 Å². The van der Waals surface area contributed by atoms with Crippen molar-refractivity contribution >= 4 is 54.5 Å². The van der Waals surface area contributed by atoms with Crippen molar-refractivity contribution in [2.75, 3.05) is 0 Å². The Labute approximate surface area is 296 Å². The van der Waals surface area contributed by atoms with Gasteiger partial charge in [-0.1, -0.05) is 82.3 Å². The van der Waals surface area contributed by atoms with Crippen molar-refractivity contribution in [1.29, 1.82) is 0 Å². The quantitative estimate of drug-likeness (QED) is 0.0716. The van der Waals surface area contributed by atoms with E-state index in [1.165, 1.54) is 6.08 Å². The number of fused-ring (bicyclic) bond motifs is 5. The van der Waals surface area contributed by atoms with E-state index in [4.69, 9.17) is 0 Å². The molecular formula is C40H37F3IrN3O2-. The molecule has 0 aliphatic carbocycles. The van der Waals surface area contributed by atoms with Crippen LogP contribution in [0.4, 0.5) is 13.2 Å². The number of hydrogen-bond acceptors (Lipinski definition) is 4. The average molecular weight is 841 g/mol. The number of allylic oxidation sites excluding steroid dienone is 2. The Morgan fingerprint density at radius 3 is 2.02 bits per heavy atom. The van der Waals surface area contributed by atoms with Crippen molar-refractivity contribution in [1.82, 2.24) is 14.6 Å². The van der Waals surface area contributed by atoms with Crippen molar-refractivity contribution in [3.63, 3.8) is 0 Å². The molecule has 3 heterocycles. The third-order valence-electron chi connectivity index (χ3n) is 9.39. The van der Waals surface area contributed by atoms with Gasteiger partial charge in [-0.3, -0.25) is 4.79 Å². The number of halogens is 3. The third kappa shape index (κ3) is 6.66. The van der Waals surface area contributed by atoms with Gasteiger partial charge in [-0.15, -0.1) is 23.6 Å². The fraction of sp³-hybridized carbons (Fsp3) is 0.275. The van der Waals surface area contributed by atoms with Crippen LogP contribution in [0.1, 0.15) is 59.1 Å². The van der Waals surface area contributed by atoms with E-state index in [-0.39, 0.29) is 48.9 Å². The summed E-state index contributed by atoms with van der Waals surface area (Å²) < 4.78 is 43.6. The van der Waals surface area contributed by atoms with Gasteiger partial charge in [0, 0.05) is 54.6 Å². The first-order chi connectivity index (χ1) is 23.1. The minimum atomic E-state index is -4.61. The van der Waals surface area contributed by atoms with E-state index in [0.29, 0.717) is 16.8 Å². The molecule has 4 aromatic carbocycles. The third-order valence-corrected chi connectivity index (χ3v) is 9.39. The van der Waals surface area contributed by atoms with Crippen molar-refractivity contribution in [3.8, 4) is 11.4 Å². The Bertz CT molecular complexity index is 2290. The van der Waals surface area contributed by atoms with Crippen molar-refractivity contribution in [2.45, 2.75) is 59.6 Å². The summed E-state index contributed by atoms with van der Waals surface area (Å²) in [6.45, 7) is 8.07. The maximum absolute atomic E-state index is 13.9. The standard InChI is InChI=1S/C27H13F3N3.C13H24O2.Ir/c28-27(29,30)26-21-13-16-7-2-1-6-15(16)12-20(21)24(31-32-26)23-14-17-8-5-10-19-18-9-3-4-11-22(18)33(23)25(17)19;1-5-10(6-2)12(14)9-13(15)11(7-3)8-4;/h1-13H;9-11,14H,5-8H2,1-4H3;/q-1;;/b;12-9-;. The predicted octanol–water partition coefficient (Wildman–Crippen LogP) is 11.1. The van der Waals surface area contributed by atoms with Gasteiger partial charge in [0.2, 0.25) is 0 Å². The van der Waals surface area contributed by atoms with Gasteiger partial charge in [0.25, 0.3) is 0 Å². The number of carbonyl (C=O) groups is 1. The molecule has 7 rings (SSSR count). The number of benzene rings is 4. The average Bonchev–Trinajstić information content (AvgIpc) is 3.63. The van der Waals surface area contributed by atoms with E-state index >= 15 is 0 Å². The molecule has 5 nitrogen and oxygen atoms in total. The summed E-state index contributed by atoms with van der Waals surface area (Å²) in [5, 5.41) is 22.6. The van der Waals surface area contributed by atoms with Crippen LogP contribution in [0.15, 0.2) is 90.7 Å². The molecule has 7 aromatic rings. The molecule has 3 aromatic heterocycles. The molecule has 9 heteroatoms. The van der Waals surface area contributed by atoms with E-state index in [0.717, 1.165) is 63.6 Å². The second-order valence-electron chi connectivity index (χ2n) is 12.2. The number of carbonyl (C=O) groups excluding carboxylic acids is 1. The fourth-order valence-corrected chi connectivity index (χ4v) is 6.70. The van der Waals surface area contributed by atoms with Crippen molar-refractivity contribution < 1.29 is 43.2 Å². The van der Waals surface area contributed by atoms with E-state index in [9.17, 15) is 23.1 Å². The number of alkyl halides is 3. The van der Waals surface area contributed by atoms with Gasteiger partial charge in [-0.25, -0.2) is 0 Å². The molecule has 0 saturated carbocycles. The fourth-order valence-electron chi connectivity index (χ4n) is 6.70. The number of para-hydroxylation sites is 2. The second kappa shape index (κ2) is 14.6. The van der Waals surface area contributed by atoms with Gasteiger partial charge in [0.1, 0.15) is 0 Å². The number of aromatic nitrogens is 3. The van der Waals surface area contributed by atoms with Gasteiger partial charge in [0.05, 0.1) is 5.76 Å². The van der Waals surface area contributed by atoms with Crippen LogP contribution in [-0.2, 0) is 31.1 Å². The van der Waals surface area contributed by atoms with Crippen molar-refractivity contribution in [3.05, 3.63) is 102 Å². The first-order valence-electron chi connectivity index (χ1n) is 16.5. The van der Waals surface area contributed by atoms with Crippen LogP contribution >= 0.6 is 0 Å². The monoisotopic (exact) mass is 841 g/mol. The molecule has 0 fully saturated rings. The van der Waals surface area contributed by atoms with Crippen LogP contribution in [0.5, 0.6) is 0 Å². The summed E-state index contributed by atoms with van der Waals surface area (Å²) in [5.41, 5.74) is 1.93. The number of aliphatic hydroxyl groups excluding tert-OH is 1. The molecule has 0 aliphatic rings. The summed E-state index contributed by atoms with van der Waals surface area (Å²) in [5.74, 6) is 0.547. The summed E-state index contributed by atoms with van der Waals surface area (Å²) in [7, 11) is 0. The Hall–Kier alpha value is -4.33. The predicted molar refractivity (Wildman–Crippen MR) is 187 cm³/mol. The zero-order valence-electron chi connectivity index (χ0n) is 27.7. The summed E-state index contributed by atoms with van der Waals surface area (Å²) in [6, 6.07) is 28.0. The van der Waals surface area contributed by atoms with Crippen LogP contribution in [0.25, 0.3) is 60.1 Å². The summed E-state index contributed by atoms with van der Waals surface area (Å²) in [4.78, 5) is 11.7. The number of nitrogens with zero attached hydrogens (tertiary/aromatic N) is 3. The molecule has 1 N–H and O–H groups in total. The molecule has 0 amide bonds. The minimum absolute atomic E-state index is 0. The smallest absolute Gasteiger partial charge is 0.435 e. The molecule has 0 atom stereocenters. The first kappa shape index (κ1) is 36.0. The molecule has 0 bridgehead atoms. The molecule has 49 heavy (non-hydrogen) atoms. The van der Waals surface area contributed by atoms with Gasteiger partial charge >= 0.3 is 6.18 Å². The van der Waals surface area contributed by atoms with Gasteiger partial charge in [-0.05, 0) is 76.0 Å². The molecule has 0 saturated heterocycles. The summed E-state index contributed by atoms with van der Waals surface area (Å²) >= 11 is 0. The molecular weight excluding hydrogens is 804 g/mol. The van der Waals surface area contributed by atoms with Crippen molar-refractivity contribution in [2.24, 2.45) is 11.8 Å².